The molecule has 2 amide bonds. The predicted octanol–water partition coefficient (Wildman–Crippen LogP) is 0.971. The molecule has 7 nitrogen and oxygen atoms in total. The van der Waals surface area contributed by atoms with E-state index < -0.39 is 6.04 Å². The summed E-state index contributed by atoms with van der Waals surface area (Å²) in [6.45, 7) is 3.44. The van der Waals surface area contributed by atoms with Gasteiger partial charge < -0.3 is 16.0 Å². The zero-order valence-corrected chi connectivity index (χ0v) is 14.3. The van der Waals surface area contributed by atoms with E-state index in [-0.39, 0.29) is 30.3 Å². The first-order valence-electron chi connectivity index (χ1n) is 7.90. The number of halogens is 1. The minimum absolute atomic E-state index is 0. The first-order valence-corrected chi connectivity index (χ1v) is 7.90. The summed E-state index contributed by atoms with van der Waals surface area (Å²) >= 11 is 0. The van der Waals surface area contributed by atoms with Gasteiger partial charge in [0.1, 0.15) is 6.04 Å². The second-order valence-electron chi connectivity index (χ2n) is 5.86. The third-order valence-electron chi connectivity index (χ3n) is 4.07. The molecule has 0 aliphatic carbocycles. The summed E-state index contributed by atoms with van der Waals surface area (Å²) in [7, 11) is 0. The van der Waals surface area contributed by atoms with Crippen LogP contribution < -0.4 is 16.0 Å². The molecule has 0 spiro atoms. The van der Waals surface area contributed by atoms with Crippen molar-refractivity contribution < 1.29 is 9.59 Å². The molecular weight excluding hydrogens is 330 g/mol. The van der Waals surface area contributed by atoms with Crippen molar-refractivity contribution in [3.63, 3.8) is 0 Å². The Balaban J connectivity index is 0.00000208. The molecule has 1 aromatic heterocycles. The minimum Gasteiger partial charge on any atom is -0.350 e. The molecule has 1 aliphatic rings. The quantitative estimate of drug-likeness (QED) is 0.659. The highest BCUT2D eigenvalue weighted by atomic mass is 35.5. The number of benzene rings is 1. The van der Waals surface area contributed by atoms with Crippen LogP contribution in [0.4, 0.5) is 0 Å². The number of hydrogen-bond donors (Lipinski definition) is 4. The molecule has 1 fully saturated rings. The van der Waals surface area contributed by atoms with Crippen LogP contribution in [0.15, 0.2) is 24.3 Å². The SMILES string of the molecule is CC(NC(=O)c1n[nH]c2ccccc12)C(=O)N[C@H]1CCCNC1.Cl. The molecule has 1 saturated heterocycles. The van der Waals surface area contributed by atoms with Gasteiger partial charge in [0, 0.05) is 18.0 Å². The van der Waals surface area contributed by atoms with E-state index >= 15 is 0 Å². The van der Waals surface area contributed by atoms with Crippen LogP contribution in [0.2, 0.25) is 0 Å². The summed E-state index contributed by atoms with van der Waals surface area (Å²) in [5.74, 6) is -0.529. The number of aromatic nitrogens is 2. The highest BCUT2D eigenvalue weighted by Crippen LogP contribution is 2.14. The number of amides is 2. The van der Waals surface area contributed by atoms with E-state index in [4.69, 9.17) is 0 Å². The van der Waals surface area contributed by atoms with E-state index in [1.54, 1.807) is 6.92 Å². The van der Waals surface area contributed by atoms with Gasteiger partial charge in [-0.05, 0) is 32.4 Å². The van der Waals surface area contributed by atoms with Crippen LogP contribution in [0.5, 0.6) is 0 Å². The molecule has 0 bridgehead atoms. The fourth-order valence-electron chi connectivity index (χ4n) is 2.77. The Hall–Kier alpha value is -2.12. The first kappa shape index (κ1) is 18.2. The Bertz CT molecular complexity index is 711. The summed E-state index contributed by atoms with van der Waals surface area (Å²) in [5, 5.41) is 16.5. The van der Waals surface area contributed by atoms with E-state index in [1.165, 1.54) is 0 Å². The van der Waals surface area contributed by atoms with Gasteiger partial charge >= 0.3 is 0 Å². The molecule has 2 aromatic rings. The summed E-state index contributed by atoms with van der Waals surface area (Å²) in [6, 6.07) is 6.91. The molecule has 130 valence electrons. The molecule has 0 radical (unpaired) electrons. The van der Waals surface area contributed by atoms with Crippen LogP contribution >= 0.6 is 12.4 Å². The number of carbonyl (C=O) groups is 2. The Kier molecular flexibility index (Phi) is 6.16. The first-order chi connectivity index (χ1) is 11.1. The number of rotatable bonds is 4. The van der Waals surface area contributed by atoms with Crippen molar-refractivity contribution in [2.45, 2.75) is 31.8 Å². The lowest BCUT2D eigenvalue weighted by Gasteiger charge is -2.25. The zero-order chi connectivity index (χ0) is 16.2. The Morgan fingerprint density at radius 2 is 2.12 bits per heavy atom. The molecular formula is C16H22ClN5O2. The molecule has 8 heteroatoms. The number of nitrogens with zero attached hydrogens (tertiary/aromatic N) is 1. The van der Waals surface area contributed by atoms with Gasteiger partial charge in [-0.3, -0.25) is 14.7 Å². The minimum atomic E-state index is -0.611. The van der Waals surface area contributed by atoms with Gasteiger partial charge in [0.25, 0.3) is 5.91 Å². The summed E-state index contributed by atoms with van der Waals surface area (Å²) < 4.78 is 0. The van der Waals surface area contributed by atoms with E-state index in [2.05, 4.69) is 26.1 Å². The lowest BCUT2D eigenvalue weighted by atomic mass is 10.1. The van der Waals surface area contributed by atoms with Gasteiger partial charge in [0.2, 0.25) is 5.91 Å². The zero-order valence-electron chi connectivity index (χ0n) is 13.5. The molecule has 1 unspecified atom stereocenters. The normalized spacial score (nSPS) is 18.5. The molecule has 24 heavy (non-hydrogen) atoms. The monoisotopic (exact) mass is 351 g/mol. The molecule has 3 rings (SSSR count). The van der Waals surface area contributed by atoms with E-state index in [1.807, 2.05) is 24.3 Å². The number of carbonyl (C=O) groups excluding carboxylic acids is 2. The van der Waals surface area contributed by atoms with Crippen molar-refractivity contribution in [2.75, 3.05) is 13.1 Å². The maximum Gasteiger partial charge on any atom is 0.273 e. The van der Waals surface area contributed by atoms with Crippen molar-refractivity contribution in [1.29, 1.82) is 0 Å². The highest BCUT2D eigenvalue weighted by Gasteiger charge is 2.22. The van der Waals surface area contributed by atoms with E-state index in [0.717, 1.165) is 36.8 Å². The van der Waals surface area contributed by atoms with Crippen LogP contribution in [0, 0.1) is 0 Å². The maximum atomic E-state index is 12.3. The van der Waals surface area contributed by atoms with Gasteiger partial charge in [-0.15, -0.1) is 12.4 Å². The van der Waals surface area contributed by atoms with Crippen molar-refractivity contribution in [2.24, 2.45) is 0 Å². The summed E-state index contributed by atoms with van der Waals surface area (Å²) in [4.78, 5) is 24.5. The number of piperidine rings is 1. The Morgan fingerprint density at radius 1 is 1.33 bits per heavy atom. The third kappa shape index (κ3) is 4.04. The fraction of sp³-hybridized carbons (Fsp3) is 0.438. The second-order valence-corrected chi connectivity index (χ2v) is 5.86. The van der Waals surface area contributed by atoms with Crippen molar-refractivity contribution in [1.82, 2.24) is 26.1 Å². The topological polar surface area (TPSA) is 98.9 Å². The van der Waals surface area contributed by atoms with Gasteiger partial charge in [-0.1, -0.05) is 18.2 Å². The maximum absolute atomic E-state index is 12.3. The van der Waals surface area contributed by atoms with Gasteiger partial charge in [-0.25, -0.2) is 0 Å². The van der Waals surface area contributed by atoms with Crippen LogP contribution in [-0.4, -0.2) is 47.2 Å². The van der Waals surface area contributed by atoms with Crippen LogP contribution in [0.3, 0.4) is 0 Å². The Labute approximate surface area is 146 Å². The number of hydrogen-bond acceptors (Lipinski definition) is 4. The smallest absolute Gasteiger partial charge is 0.273 e. The number of fused-ring (bicyclic) bond motifs is 1. The predicted molar refractivity (Wildman–Crippen MR) is 94.3 cm³/mol. The number of nitrogens with one attached hydrogen (secondary N) is 4. The molecule has 0 saturated carbocycles. The molecule has 2 atom stereocenters. The number of aromatic amines is 1. The lowest BCUT2D eigenvalue weighted by Crippen LogP contribution is -2.52. The van der Waals surface area contributed by atoms with Crippen LogP contribution in [0.1, 0.15) is 30.3 Å². The summed E-state index contributed by atoms with van der Waals surface area (Å²) in [6.07, 6.45) is 2.01. The Morgan fingerprint density at radius 3 is 2.88 bits per heavy atom. The van der Waals surface area contributed by atoms with E-state index in [9.17, 15) is 9.59 Å². The fourth-order valence-corrected chi connectivity index (χ4v) is 2.77. The number of para-hydroxylation sites is 1. The average Bonchev–Trinajstić information content (AvgIpc) is 2.99. The van der Waals surface area contributed by atoms with Gasteiger partial charge in [-0.2, -0.15) is 5.10 Å². The van der Waals surface area contributed by atoms with Crippen molar-refractivity contribution in [3.05, 3.63) is 30.0 Å². The van der Waals surface area contributed by atoms with Gasteiger partial charge in [0.15, 0.2) is 5.69 Å². The van der Waals surface area contributed by atoms with Crippen LogP contribution in [-0.2, 0) is 4.79 Å². The van der Waals surface area contributed by atoms with E-state index in [0.29, 0.717) is 5.69 Å². The summed E-state index contributed by atoms with van der Waals surface area (Å²) in [5.41, 5.74) is 1.10. The van der Waals surface area contributed by atoms with Gasteiger partial charge in [0.05, 0.1) is 5.52 Å². The standard InChI is InChI=1S/C16H21N5O2.ClH/c1-10(15(22)19-11-5-4-8-17-9-11)18-16(23)14-12-6-2-3-7-13(12)20-21-14;/h2-3,6-7,10-11,17H,4-5,8-9H2,1H3,(H,18,23)(H,19,22)(H,20,21);1H/t10?,11-;/m0./s1. The number of H-pyrrole nitrogens is 1. The lowest BCUT2D eigenvalue weighted by molar-refractivity contribution is -0.123. The third-order valence-corrected chi connectivity index (χ3v) is 4.07. The molecule has 4 N–H and O–H groups in total. The molecule has 2 heterocycles. The largest absolute Gasteiger partial charge is 0.350 e. The molecule has 1 aromatic carbocycles. The van der Waals surface area contributed by atoms with Crippen LogP contribution in [0.25, 0.3) is 10.9 Å². The van der Waals surface area contributed by atoms with Crippen molar-refractivity contribution >= 4 is 35.1 Å². The molecule has 1 aliphatic heterocycles. The average molecular weight is 352 g/mol. The highest BCUT2D eigenvalue weighted by molar-refractivity contribution is 6.05. The van der Waals surface area contributed by atoms with Crippen molar-refractivity contribution in [3.8, 4) is 0 Å². The second kappa shape index (κ2) is 8.12.